The van der Waals surface area contributed by atoms with E-state index in [0.29, 0.717) is 0 Å². The molecule has 0 aliphatic heterocycles. The molecule has 12 aromatic rings. The van der Waals surface area contributed by atoms with Crippen LogP contribution in [0.5, 0.6) is 0 Å². The van der Waals surface area contributed by atoms with Gasteiger partial charge >= 0.3 is 0 Å². The number of nitrogens with zero attached hydrogens (tertiary/aromatic N) is 1. The van der Waals surface area contributed by atoms with Crippen molar-refractivity contribution < 1.29 is 8.83 Å². The molecule has 0 radical (unpaired) electrons. The molecule has 0 atom stereocenters. The molecule has 14 rings (SSSR count). The summed E-state index contributed by atoms with van der Waals surface area (Å²) < 4.78 is 13.6. The summed E-state index contributed by atoms with van der Waals surface area (Å²) in [5.74, 6) is 0. The van der Waals surface area contributed by atoms with Crippen LogP contribution in [0, 0.1) is 0 Å². The number of fused-ring (bicyclic) bond motifs is 16. The first-order valence-electron chi connectivity index (χ1n) is 22.0. The van der Waals surface area contributed by atoms with Crippen molar-refractivity contribution in [3.8, 4) is 44.5 Å². The second-order valence-electron chi connectivity index (χ2n) is 17.1. The van der Waals surface area contributed by atoms with Crippen molar-refractivity contribution >= 4 is 60.9 Å². The van der Waals surface area contributed by atoms with Crippen molar-refractivity contribution in [2.24, 2.45) is 0 Å². The number of hydrogen-bond donors (Lipinski definition) is 0. The Morgan fingerprint density at radius 3 is 1.39 bits per heavy atom. The predicted octanol–water partition coefficient (Wildman–Crippen LogP) is 16.6. The van der Waals surface area contributed by atoms with Crippen molar-refractivity contribution in [3.63, 3.8) is 0 Å². The van der Waals surface area contributed by atoms with Gasteiger partial charge in [-0.1, -0.05) is 170 Å². The molecule has 0 fully saturated rings. The van der Waals surface area contributed by atoms with E-state index in [2.05, 4.69) is 217 Å². The Balaban J connectivity index is 1.07. The van der Waals surface area contributed by atoms with E-state index in [4.69, 9.17) is 8.83 Å². The minimum absolute atomic E-state index is 0.619. The Labute approximate surface area is 369 Å². The van der Waals surface area contributed by atoms with Crippen molar-refractivity contribution in [1.82, 2.24) is 0 Å². The molecule has 1 spiro atoms. The Morgan fingerprint density at radius 2 is 0.766 bits per heavy atom. The van der Waals surface area contributed by atoms with Gasteiger partial charge in [0, 0.05) is 38.5 Å². The van der Waals surface area contributed by atoms with Crippen molar-refractivity contribution in [2.75, 3.05) is 4.90 Å². The quantitative estimate of drug-likeness (QED) is 0.173. The van der Waals surface area contributed by atoms with Gasteiger partial charge in [0.1, 0.15) is 16.7 Å². The number of hydrogen-bond acceptors (Lipinski definition) is 3. The van der Waals surface area contributed by atoms with E-state index in [9.17, 15) is 0 Å². The molecule has 2 aromatic heterocycles. The van der Waals surface area contributed by atoms with Gasteiger partial charge in [-0.15, -0.1) is 0 Å². The molecular weight excluding hydrogens is 779 g/mol. The lowest BCUT2D eigenvalue weighted by molar-refractivity contribution is 0.666. The standard InChI is InChI=1S/C61H37NO2/c1-2-14-38(15-3-1)39-26-31-42(32-27-39)62(43-33-28-40(29-34-43)41-30-35-49-47-19-7-12-24-55(47)63-57(49)36-41)59-58-50(37-51-48-20-8-13-25-56(48)64-60(51)59)46-18-6-11-23-54(46)61(58)52-21-9-4-16-44(52)45-17-5-10-22-53(45)61/h1-37H. The van der Waals surface area contributed by atoms with E-state index < -0.39 is 5.41 Å². The molecule has 0 saturated carbocycles. The van der Waals surface area contributed by atoms with Crippen LogP contribution < -0.4 is 4.90 Å². The Bertz CT molecular complexity index is 3790. The van der Waals surface area contributed by atoms with Gasteiger partial charge in [-0.05, 0) is 116 Å². The minimum atomic E-state index is -0.619. The number of benzene rings is 10. The molecule has 2 heterocycles. The number of para-hydroxylation sites is 2. The van der Waals surface area contributed by atoms with E-state index in [-0.39, 0.29) is 0 Å². The van der Waals surface area contributed by atoms with E-state index >= 15 is 0 Å². The van der Waals surface area contributed by atoms with Gasteiger partial charge in [0.2, 0.25) is 0 Å². The van der Waals surface area contributed by atoms with Gasteiger partial charge in [0.05, 0.1) is 11.1 Å². The molecule has 2 aliphatic carbocycles. The minimum Gasteiger partial charge on any atom is -0.456 e. The van der Waals surface area contributed by atoms with Crippen LogP contribution in [0.15, 0.2) is 233 Å². The molecule has 0 unspecified atom stereocenters. The summed E-state index contributed by atoms with van der Waals surface area (Å²) in [4.78, 5) is 2.46. The average Bonchev–Trinajstić information content (AvgIpc) is 4.10. The van der Waals surface area contributed by atoms with Gasteiger partial charge in [-0.2, -0.15) is 0 Å². The molecule has 3 nitrogen and oxygen atoms in total. The van der Waals surface area contributed by atoms with Gasteiger partial charge in [0.15, 0.2) is 5.58 Å². The highest BCUT2D eigenvalue weighted by Gasteiger charge is 2.54. The van der Waals surface area contributed by atoms with Crippen LogP contribution in [0.25, 0.3) is 88.4 Å². The lowest BCUT2D eigenvalue weighted by Gasteiger charge is -2.36. The fourth-order valence-electron chi connectivity index (χ4n) is 11.2. The molecule has 0 amide bonds. The predicted molar refractivity (Wildman–Crippen MR) is 263 cm³/mol. The van der Waals surface area contributed by atoms with Crippen LogP contribution in [0.1, 0.15) is 22.3 Å². The van der Waals surface area contributed by atoms with Gasteiger partial charge in [-0.3, -0.25) is 0 Å². The second-order valence-corrected chi connectivity index (χ2v) is 17.1. The van der Waals surface area contributed by atoms with Gasteiger partial charge in [0.25, 0.3) is 0 Å². The summed E-state index contributed by atoms with van der Waals surface area (Å²) >= 11 is 0. The summed E-state index contributed by atoms with van der Waals surface area (Å²) in [6.45, 7) is 0. The van der Waals surface area contributed by atoms with Crippen molar-refractivity contribution in [2.45, 2.75) is 5.41 Å². The average molecular weight is 816 g/mol. The smallest absolute Gasteiger partial charge is 0.159 e. The summed E-state index contributed by atoms with van der Waals surface area (Å²) in [7, 11) is 0. The highest BCUT2D eigenvalue weighted by molar-refractivity contribution is 6.16. The van der Waals surface area contributed by atoms with Crippen LogP contribution in [0.4, 0.5) is 17.1 Å². The van der Waals surface area contributed by atoms with Crippen LogP contribution in [-0.2, 0) is 5.41 Å². The van der Waals surface area contributed by atoms with Crippen LogP contribution >= 0.6 is 0 Å². The van der Waals surface area contributed by atoms with Crippen LogP contribution in [-0.4, -0.2) is 0 Å². The number of furan rings is 2. The summed E-state index contributed by atoms with van der Waals surface area (Å²) in [5.41, 5.74) is 20.6. The fraction of sp³-hybridized carbons (Fsp3) is 0.0164. The highest BCUT2D eigenvalue weighted by Crippen LogP contribution is 2.66. The van der Waals surface area contributed by atoms with E-state index in [1.807, 2.05) is 12.1 Å². The summed E-state index contributed by atoms with van der Waals surface area (Å²) in [5, 5.41) is 4.45. The maximum absolute atomic E-state index is 7.21. The molecule has 0 saturated heterocycles. The maximum Gasteiger partial charge on any atom is 0.159 e. The van der Waals surface area contributed by atoms with Crippen LogP contribution in [0.3, 0.4) is 0 Å². The molecule has 0 N–H and O–H groups in total. The van der Waals surface area contributed by atoms with E-state index in [1.165, 1.54) is 50.1 Å². The third-order valence-electron chi connectivity index (χ3n) is 13.9. The van der Waals surface area contributed by atoms with Gasteiger partial charge < -0.3 is 13.7 Å². The number of rotatable bonds is 5. The third-order valence-corrected chi connectivity index (χ3v) is 13.9. The zero-order chi connectivity index (χ0) is 41.9. The van der Waals surface area contributed by atoms with Crippen molar-refractivity contribution in [3.05, 3.63) is 247 Å². The summed E-state index contributed by atoms with van der Waals surface area (Å²) in [6, 6.07) is 81.5. The Morgan fingerprint density at radius 1 is 0.312 bits per heavy atom. The lowest BCUT2D eigenvalue weighted by Crippen LogP contribution is -2.28. The SMILES string of the molecule is c1ccc(-c2ccc(N(c3ccc(-c4ccc5c(c4)oc4ccccc45)cc3)c3c4c(cc5c3oc3ccccc35)-c3ccccc3C43c4ccccc4-c4ccccc43)cc2)cc1. The van der Waals surface area contributed by atoms with E-state index in [0.717, 1.165) is 77.6 Å². The van der Waals surface area contributed by atoms with Gasteiger partial charge in [-0.25, -0.2) is 0 Å². The Kier molecular flexibility index (Phi) is 7.32. The zero-order valence-corrected chi connectivity index (χ0v) is 34.6. The first-order valence-corrected chi connectivity index (χ1v) is 22.0. The molecule has 10 aromatic carbocycles. The molecule has 2 aliphatic rings. The third kappa shape index (κ3) is 4.81. The zero-order valence-electron chi connectivity index (χ0n) is 34.6. The maximum atomic E-state index is 7.21. The monoisotopic (exact) mass is 815 g/mol. The normalized spacial score (nSPS) is 13.1. The van der Waals surface area contributed by atoms with Crippen molar-refractivity contribution in [1.29, 1.82) is 0 Å². The molecule has 0 bridgehead atoms. The molecule has 3 heteroatoms. The lowest BCUT2D eigenvalue weighted by atomic mass is 9.69. The highest BCUT2D eigenvalue weighted by atomic mass is 16.3. The van der Waals surface area contributed by atoms with Crippen LogP contribution in [0.2, 0.25) is 0 Å². The first-order chi connectivity index (χ1) is 31.7. The Hall–Kier alpha value is -8.40. The molecular formula is C61H37NO2. The number of anilines is 3. The molecule has 298 valence electrons. The topological polar surface area (TPSA) is 29.5 Å². The fourth-order valence-corrected chi connectivity index (χ4v) is 11.2. The summed E-state index contributed by atoms with van der Waals surface area (Å²) in [6.07, 6.45) is 0. The van der Waals surface area contributed by atoms with E-state index in [1.54, 1.807) is 0 Å². The largest absolute Gasteiger partial charge is 0.456 e. The molecule has 64 heavy (non-hydrogen) atoms. The second kappa shape index (κ2) is 13.3. The first kappa shape index (κ1) is 35.2.